The summed E-state index contributed by atoms with van der Waals surface area (Å²) < 4.78 is 0. The van der Waals surface area contributed by atoms with E-state index in [1.165, 1.54) is 0 Å². The molecule has 1 aromatic heterocycles. The van der Waals surface area contributed by atoms with E-state index in [0.717, 1.165) is 29.8 Å². The Kier molecular flexibility index (Phi) is 4.32. The zero-order chi connectivity index (χ0) is 18.3. The number of anilines is 1. The van der Waals surface area contributed by atoms with Crippen molar-refractivity contribution in [2.45, 2.75) is 18.9 Å². The van der Waals surface area contributed by atoms with Gasteiger partial charge in [0.1, 0.15) is 0 Å². The van der Waals surface area contributed by atoms with Crippen molar-refractivity contribution in [3.8, 4) is 0 Å². The summed E-state index contributed by atoms with van der Waals surface area (Å²) in [7, 11) is 2.00. The van der Waals surface area contributed by atoms with Crippen LogP contribution in [-0.2, 0) is 4.79 Å². The predicted octanol–water partition coefficient (Wildman–Crippen LogP) is 2.62. The maximum absolute atomic E-state index is 13.0. The van der Waals surface area contributed by atoms with Crippen molar-refractivity contribution < 1.29 is 9.59 Å². The van der Waals surface area contributed by atoms with Gasteiger partial charge in [-0.1, -0.05) is 18.2 Å². The standard InChI is InChI=1S/C20H23N3O2S/c1-15-5-3-4-6-17(15)19(25)22-9-8-20(13-22)14-23(16-7-10-26-12-16)18(24)11-21(20)2/h3-7,10,12H,8-9,11,13-14H2,1-2H3. The second-order valence-corrected chi connectivity index (χ2v) is 8.11. The van der Waals surface area contributed by atoms with Crippen LogP contribution in [0, 0.1) is 6.92 Å². The third-order valence-electron chi connectivity index (χ3n) is 5.75. The number of likely N-dealkylation sites (tertiary alicyclic amines) is 1. The summed E-state index contributed by atoms with van der Waals surface area (Å²) in [5.41, 5.74) is 2.57. The number of carbonyl (C=O) groups is 2. The normalized spacial score (nSPS) is 23.8. The number of hydrogen-bond acceptors (Lipinski definition) is 4. The average molecular weight is 369 g/mol. The van der Waals surface area contributed by atoms with Crippen molar-refractivity contribution >= 4 is 28.8 Å². The topological polar surface area (TPSA) is 43.9 Å². The third-order valence-corrected chi connectivity index (χ3v) is 6.42. The van der Waals surface area contributed by atoms with Gasteiger partial charge in [0.2, 0.25) is 5.91 Å². The van der Waals surface area contributed by atoms with Gasteiger partial charge in [-0.3, -0.25) is 14.5 Å². The molecule has 2 amide bonds. The number of likely N-dealkylation sites (N-methyl/N-ethyl adjacent to an activating group) is 1. The van der Waals surface area contributed by atoms with Crippen LogP contribution in [0.4, 0.5) is 5.69 Å². The second kappa shape index (κ2) is 6.52. The van der Waals surface area contributed by atoms with E-state index in [1.807, 2.05) is 64.9 Å². The van der Waals surface area contributed by atoms with Gasteiger partial charge in [-0.25, -0.2) is 0 Å². The summed E-state index contributed by atoms with van der Waals surface area (Å²) >= 11 is 1.60. The summed E-state index contributed by atoms with van der Waals surface area (Å²) in [6.07, 6.45) is 0.884. The van der Waals surface area contributed by atoms with Crippen LogP contribution in [0.15, 0.2) is 41.1 Å². The highest BCUT2D eigenvalue weighted by molar-refractivity contribution is 7.08. The summed E-state index contributed by atoms with van der Waals surface area (Å²) in [4.78, 5) is 31.5. The lowest BCUT2D eigenvalue weighted by Crippen LogP contribution is -2.64. The molecule has 0 saturated carbocycles. The third kappa shape index (κ3) is 2.83. The minimum atomic E-state index is -0.172. The average Bonchev–Trinajstić information content (AvgIpc) is 3.29. The van der Waals surface area contributed by atoms with Gasteiger partial charge in [-0.05, 0) is 43.5 Å². The highest BCUT2D eigenvalue weighted by Crippen LogP contribution is 2.34. The number of amides is 2. The Labute approximate surface area is 157 Å². The Morgan fingerprint density at radius 3 is 2.73 bits per heavy atom. The molecule has 6 heteroatoms. The monoisotopic (exact) mass is 369 g/mol. The molecule has 2 saturated heterocycles. The Morgan fingerprint density at radius 1 is 1.19 bits per heavy atom. The molecule has 1 spiro atoms. The molecule has 2 fully saturated rings. The molecular formula is C20H23N3O2S. The van der Waals surface area contributed by atoms with Crippen molar-refractivity contribution in [3.05, 3.63) is 52.2 Å². The van der Waals surface area contributed by atoms with Gasteiger partial charge >= 0.3 is 0 Å². The molecule has 2 aliphatic rings. The zero-order valence-corrected chi connectivity index (χ0v) is 16.0. The molecule has 0 aliphatic carbocycles. The fraction of sp³-hybridized carbons (Fsp3) is 0.400. The first-order valence-corrected chi connectivity index (χ1v) is 9.83. The van der Waals surface area contributed by atoms with Crippen LogP contribution in [0.2, 0.25) is 0 Å². The van der Waals surface area contributed by atoms with Gasteiger partial charge in [0.15, 0.2) is 0 Å². The van der Waals surface area contributed by atoms with Crippen LogP contribution in [0.1, 0.15) is 22.3 Å². The van der Waals surface area contributed by atoms with Crippen molar-refractivity contribution in [1.29, 1.82) is 0 Å². The molecule has 3 heterocycles. The first-order valence-electron chi connectivity index (χ1n) is 8.89. The number of nitrogens with zero attached hydrogens (tertiary/aromatic N) is 3. The molecule has 26 heavy (non-hydrogen) atoms. The van der Waals surface area contributed by atoms with Crippen molar-refractivity contribution in [2.75, 3.05) is 38.1 Å². The van der Waals surface area contributed by atoms with Gasteiger partial charge in [0, 0.05) is 30.6 Å². The molecule has 5 nitrogen and oxygen atoms in total. The van der Waals surface area contributed by atoms with E-state index in [-0.39, 0.29) is 17.4 Å². The second-order valence-electron chi connectivity index (χ2n) is 7.33. The molecule has 1 aromatic carbocycles. The zero-order valence-electron chi connectivity index (χ0n) is 15.1. The molecule has 2 aromatic rings. The van der Waals surface area contributed by atoms with E-state index in [2.05, 4.69) is 4.90 Å². The van der Waals surface area contributed by atoms with Crippen LogP contribution in [0.5, 0.6) is 0 Å². The SMILES string of the molecule is Cc1ccccc1C(=O)N1CCC2(C1)CN(c1ccsc1)C(=O)CN2C. The van der Waals surface area contributed by atoms with E-state index in [9.17, 15) is 9.59 Å². The summed E-state index contributed by atoms with van der Waals surface area (Å²) in [6, 6.07) is 9.73. The van der Waals surface area contributed by atoms with Crippen molar-refractivity contribution in [2.24, 2.45) is 0 Å². The van der Waals surface area contributed by atoms with Crippen LogP contribution < -0.4 is 4.90 Å². The molecule has 1 atom stereocenters. The van der Waals surface area contributed by atoms with Crippen molar-refractivity contribution in [1.82, 2.24) is 9.80 Å². The molecular weight excluding hydrogens is 346 g/mol. The quantitative estimate of drug-likeness (QED) is 0.817. The number of aryl methyl sites for hydroxylation is 1. The Morgan fingerprint density at radius 2 is 2.00 bits per heavy atom. The lowest BCUT2D eigenvalue weighted by atomic mass is 9.92. The predicted molar refractivity (Wildman–Crippen MR) is 104 cm³/mol. The molecule has 4 rings (SSSR count). The minimum Gasteiger partial charge on any atom is -0.337 e. The van der Waals surface area contributed by atoms with Gasteiger partial charge in [0.25, 0.3) is 5.91 Å². The minimum absolute atomic E-state index is 0.0901. The summed E-state index contributed by atoms with van der Waals surface area (Å²) in [6.45, 7) is 4.38. The molecule has 0 bridgehead atoms. The Hall–Kier alpha value is -2.18. The van der Waals surface area contributed by atoms with Gasteiger partial charge in [-0.2, -0.15) is 11.3 Å². The fourth-order valence-electron chi connectivity index (χ4n) is 4.06. The maximum Gasteiger partial charge on any atom is 0.254 e. The first kappa shape index (κ1) is 17.2. The molecule has 1 unspecified atom stereocenters. The van der Waals surface area contributed by atoms with E-state index in [4.69, 9.17) is 0 Å². The summed E-state index contributed by atoms with van der Waals surface area (Å²) in [5.74, 6) is 0.215. The van der Waals surface area contributed by atoms with E-state index >= 15 is 0 Å². The van der Waals surface area contributed by atoms with Crippen LogP contribution in [0.3, 0.4) is 0 Å². The summed E-state index contributed by atoms with van der Waals surface area (Å²) in [5, 5.41) is 4.01. The molecule has 2 aliphatic heterocycles. The van der Waals surface area contributed by atoms with Crippen LogP contribution in [-0.4, -0.2) is 60.4 Å². The highest BCUT2D eigenvalue weighted by Gasteiger charge is 2.48. The maximum atomic E-state index is 13.0. The van der Waals surface area contributed by atoms with Gasteiger partial charge in [0.05, 0.1) is 17.8 Å². The largest absolute Gasteiger partial charge is 0.337 e. The van der Waals surface area contributed by atoms with Gasteiger partial charge < -0.3 is 9.80 Å². The molecule has 0 N–H and O–H groups in total. The van der Waals surface area contributed by atoms with E-state index in [0.29, 0.717) is 19.6 Å². The van der Waals surface area contributed by atoms with Crippen LogP contribution >= 0.6 is 11.3 Å². The first-order chi connectivity index (χ1) is 12.5. The number of thiophene rings is 1. The van der Waals surface area contributed by atoms with E-state index < -0.39 is 0 Å². The van der Waals surface area contributed by atoms with Gasteiger partial charge in [-0.15, -0.1) is 0 Å². The fourth-order valence-corrected chi connectivity index (χ4v) is 4.70. The smallest absolute Gasteiger partial charge is 0.254 e. The Bertz CT molecular complexity index is 835. The Balaban J connectivity index is 1.57. The number of rotatable bonds is 2. The van der Waals surface area contributed by atoms with E-state index in [1.54, 1.807) is 11.3 Å². The number of benzene rings is 1. The number of piperazine rings is 1. The number of hydrogen-bond donors (Lipinski definition) is 0. The lowest BCUT2D eigenvalue weighted by Gasteiger charge is -2.46. The highest BCUT2D eigenvalue weighted by atomic mass is 32.1. The lowest BCUT2D eigenvalue weighted by molar-refractivity contribution is -0.123. The number of carbonyl (C=O) groups excluding carboxylic acids is 2. The van der Waals surface area contributed by atoms with Crippen molar-refractivity contribution in [3.63, 3.8) is 0 Å². The molecule has 136 valence electrons. The molecule has 0 radical (unpaired) electrons. The van der Waals surface area contributed by atoms with Crippen LogP contribution in [0.25, 0.3) is 0 Å².